The van der Waals surface area contributed by atoms with Crippen molar-refractivity contribution in [3.63, 3.8) is 0 Å². The number of nitrogens with two attached hydrogens (primary N) is 1. The maximum atomic E-state index is 12.2. The van der Waals surface area contributed by atoms with E-state index in [0.717, 1.165) is 28.2 Å². The van der Waals surface area contributed by atoms with E-state index < -0.39 is 0 Å². The fourth-order valence-corrected chi connectivity index (χ4v) is 4.02. The van der Waals surface area contributed by atoms with Crippen molar-refractivity contribution in [2.45, 2.75) is 44.9 Å². The third-order valence-electron chi connectivity index (χ3n) is 5.12. The van der Waals surface area contributed by atoms with Gasteiger partial charge in [-0.05, 0) is 48.1 Å². The van der Waals surface area contributed by atoms with Crippen molar-refractivity contribution in [2.75, 3.05) is 25.3 Å². The molecule has 9 heteroatoms. The van der Waals surface area contributed by atoms with Crippen molar-refractivity contribution in [3.8, 4) is 11.5 Å². The maximum absolute atomic E-state index is 12.2. The summed E-state index contributed by atoms with van der Waals surface area (Å²) in [7, 11) is 1.64. The molecule has 0 fully saturated rings. The third kappa shape index (κ3) is 6.64. The van der Waals surface area contributed by atoms with Crippen LogP contribution in [0.3, 0.4) is 0 Å². The average molecular weight is 470 g/mol. The zero-order valence-corrected chi connectivity index (χ0v) is 20.3. The number of aromatic nitrogens is 3. The van der Waals surface area contributed by atoms with Crippen LogP contribution in [0.25, 0.3) is 0 Å². The van der Waals surface area contributed by atoms with Crippen molar-refractivity contribution >= 4 is 17.7 Å². The minimum absolute atomic E-state index is 0.1000. The van der Waals surface area contributed by atoms with Crippen molar-refractivity contribution in [2.24, 2.45) is 0 Å². The lowest BCUT2D eigenvalue weighted by atomic mass is 10.0. The Hall–Kier alpha value is -3.20. The lowest BCUT2D eigenvalue weighted by Gasteiger charge is -2.14. The first-order valence-corrected chi connectivity index (χ1v) is 11.8. The smallest absolute Gasteiger partial charge is 0.230 e. The Balaban J connectivity index is 1.49. The molecule has 0 atom stereocenters. The molecule has 0 bridgehead atoms. The van der Waals surface area contributed by atoms with Crippen molar-refractivity contribution < 1.29 is 14.3 Å². The lowest BCUT2D eigenvalue weighted by molar-refractivity contribution is -0.118. The summed E-state index contributed by atoms with van der Waals surface area (Å²) >= 11 is 1.23. The maximum Gasteiger partial charge on any atom is 0.230 e. The summed E-state index contributed by atoms with van der Waals surface area (Å²) in [5, 5.41) is 11.6. The number of hydrogen-bond donors (Lipinski definition) is 2. The van der Waals surface area contributed by atoms with E-state index in [1.165, 1.54) is 16.4 Å². The molecule has 0 saturated carbocycles. The van der Waals surface area contributed by atoms with Gasteiger partial charge in [-0.15, -0.1) is 10.2 Å². The number of ether oxygens (including phenoxy) is 2. The van der Waals surface area contributed by atoms with E-state index >= 15 is 0 Å². The average Bonchev–Trinajstić information content (AvgIpc) is 3.15. The fraction of sp³-hybridized carbons (Fsp3) is 0.375. The SMILES string of the molecule is COc1ccccc1CCNC(=O)CSc1nnc(COc2cc(C)ccc2C(C)C)n1N. The summed E-state index contributed by atoms with van der Waals surface area (Å²) in [6.45, 7) is 6.98. The number of nitrogen functional groups attached to an aromatic ring is 1. The van der Waals surface area contributed by atoms with Gasteiger partial charge in [-0.3, -0.25) is 4.79 Å². The third-order valence-corrected chi connectivity index (χ3v) is 6.07. The Morgan fingerprint density at radius 3 is 2.73 bits per heavy atom. The highest BCUT2D eigenvalue weighted by molar-refractivity contribution is 7.99. The molecule has 0 spiro atoms. The molecule has 0 unspecified atom stereocenters. The molecule has 0 radical (unpaired) electrons. The minimum Gasteiger partial charge on any atom is -0.496 e. The molecule has 33 heavy (non-hydrogen) atoms. The second-order valence-electron chi connectivity index (χ2n) is 7.95. The second kappa shape index (κ2) is 11.6. The Bertz CT molecular complexity index is 1080. The highest BCUT2D eigenvalue weighted by atomic mass is 32.2. The van der Waals surface area contributed by atoms with Gasteiger partial charge >= 0.3 is 0 Å². The molecule has 2 aromatic carbocycles. The summed E-state index contributed by atoms with van der Waals surface area (Å²) in [5.74, 6) is 8.69. The van der Waals surface area contributed by atoms with E-state index in [1.807, 2.05) is 37.3 Å². The normalized spacial score (nSPS) is 10.9. The van der Waals surface area contributed by atoms with Crippen LogP contribution in [0.1, 0.15) is 42.3 Å². The molecule has 0 aliphatic rings. The topological polar surface area (TPSA) is 104 Å². The number of carbonyl (C=O) groups excluding carboxylic acids is 1. The highest BCUT2D eigenvalue weighted by Gasteiger charge is 2.15. The molecule has 0 aliphatic carbocycles. The summed E-state index contributed by atoms with van der Waals surface area (Å²) in [6, 6.07) is 13.9. The molecule has 1 amide bonds. The molecule has 0 saturated heterocycles. The first-order valence-electron chi connectivity index (χ1n) is 10.8. The van der Waals surface area contributed by atoms with Crippen LogP contribution < -0.4 is 20.6 Å². The van der Waals surface area contributed by atoms with Crippen LogP contribution in [0.2, 0.25) is 0 Å². The van der Waals surface area contributed by atoms with Gasteiger partial charge in [0.05, 0.1) is 12.9 Å². The zero-order chi connectivity index (χ0) is 23.8. The first-order chi connectivity index (χ1) is 15.9. The van der Waals surface area contributed by atoms with Gasteiger partial charge < -0.3 is 20.6 Å². The molecule has 1 heterocycles. The number of para-hydroxylation sites is 1. The number of hydrogen-bond acceptors (Lipinski definition) is 7. The van der Waals surface area contributed by atoms with Crippen molar-refractivity contribution in [1.29, 1.82) is 0 Å². The number of aryl methyl sites for hydroxylation is 1. The number of thioether (sulfide) groups is 1. The van der Waals surface area contributed by atoms with Crippen LogP contribution in [0, 0.1) is 6.92 Å². The van der Waals surface area contributed by atoms with Crippen LogP contribution in [0.4, 0.5) is 0 Å². The van der Waals surface area contributed by atoms with E-state index in [0.29, 0.717) is 29.9 Å². The van der Waals surface area contributed by atoms with E-state index in [4.69, 9.17) is 15.3 Å². The lowest BCUT2D eigenvalue weighted by Crippen LogP contribution is -2.27. The summed E-state index contributed by atoms with van der Waals surface area (Å²) in [5.41, 5.74) is 3.30. The first kappa shape index (κ1) is 24.4. The Morgan fingerprint density at radius 1 is 1.18 bits per heavy atom. The van der Waals surface area contributed by atoms with Crippen LogP contribution in [-0.4, -0.2) is 40.2 Å². The number of nitrogens with zero attached hydrogens (tertiary/aromatic N) is 3. The molecule has 3 N–H and O–H groups in total. The van der Waals surface area contributed by atoms with Gasteiger partial charge in [0, 0.05) is 6.54 Å². The Kier molecular flexibility index (Phi) is 8.59. The van der Waals surface area contributed by atoms with Gasteiger partial charge in [0.25, 0.3) is 0 Å². The molecular formula is C24H31N5O3S. The van der Waals surface area contributed by atoms with Gasteiger partial charge in [-0.1, -0.05) is 55.9 Å². The van der Waals surface area contributed by atoms with Gasteiger partial charge in [-0.25, -0.2) is 4.68 Å². The predicted octanol–water partition coefficient (Wildman–Crippen LogP) is 3.46. The second-order valence-corrected chi connectivity index (χ2v) is 8.90. The fourth-order valence-electron chi connectivity index (χ4n) is 3.32. The van der Waals surface area contributed by atoms with E-state index in [1.54, 1.807) is 7.11 Å². The quantitative estimate of drug-likeness (QED) is 0.327. The van der Waals surface area contributed by atoms with Crippen LogP contribution in [0.5, 0.6) is 11.5 Å². The molecule has 3 aromatic rings. The van der Waals surface area contributed by atoms with Gasteiger partial charge in [-0.2, -0.15) is 0 Å². The Labute approximate surface area is 198 Å². The highest BCUT2D eigenvalue weighted by Crippen LogP contribution is 2.28. The number of amides is 1. The van der Waals surface area contributed by atoms with E-state index in [-0.39, 0.29) is 18.3 Å². The summed E-state index contributed by atoms with van der Waals surface area (Å²) in [6.07, 6.45) is 0.687. The Morgan fingerprint density at radius 2 is 1.97 bits per heavy atom. The molecule has 8 nitrogen and oxygen atoms in total. The van der Waals surface area contributed by atoms with Crippen LogP contribution in [0.15, 0.2) is 47.6 Å². The minimum atomic E-state index is -0.1000. The predicted molar refractivity (Wildman–Crippen MR) is 130 cm³/mol. The molecule has 176 valence electrons. The number of methoxy groups -OCH3 is 1. The van der Waals surface area contributed by atoms with Gasteiger partial charge in [0.15, 0.2) is 5.82 Å². The molecular weight excluding hydrogens is 438 g/mol. The standard InChI is InChI=1S/C24H31N5O3S/c1-16(2)19-10-9-17(3)13-21(19)32-14-22-27-28-24(29(22)25)33-15-23(30)26-12-11-18-7-5-6-8-20(18)31-4/h5-10,13,16H,11-12,14-15,25H2,1-4H3,(H,26,30). The van der Waals surface area contributed by atoms with Gasteiger partial charge in [0.1, 0.15) is 18.1 Å². The molecule has 1 aromatic heterocycles. The number of carbonyl (C=O) groups is 1. The largest absolute Gasteiger partial charge is 0.496 e. The van der Waals surface area contributed by atoms with Crippen molar-refractivity contribution in [1.82, 2.24) is 20.2 Å². The van der Waals surface area contributed by atoms with Crippen molar-refractivity contribution in [3.05, 3.63) is 65.0 Å². The zero-order valence-electron chi connectivity index (χ0n) is 19.5. The number of benzene rings is 2. The summed E-state index contributed by atoms with van der Waals surface area (Å²) in [4.78, 5) is 12.2. The number of nitrogens with one attached hydrogen (secondary N) is 1. The van der Waals surface area contributed by atoms with E-state index in [2.05, 4.69) is 41.5 Å². The summed E-state index contributed by atoms with van der Waals surface area (Å²) < 4.78 is 12.7. The molecule has 0 aliphatic heterocycles. The monoisotopic (exact) mass is 469 g/mol. The number of rotatable bonds is 11. The van der Waals surface area contributed by atoms with Crippen LogP contribution >= 0.6 is 11.8 Å². The van der Waals surface area contributed by atoms with Crippen LogP contribution in [-0.2, 0) is 17.8 Å². The van der Waals surface area contributed by atoms with Gasteiger partial charge in [0.2, 0.25) is 11.1 Å². The molecule has 3 rings (SSSR count). The van der Waals surface area contributed by atoms with E-state index in [9.17, 15) is 4.79 Å².